The summed E-state index contributed by atoms with van der Waals surface area (Å²) in [5.41, 5.74) is 0.932. The zero-order valence-corrected chi connectivity index (χ0v) is 12.8. The van der Waals surface area contributed by atoms with Crippen LogP contribution in [-0.2, 0) is 4.79 Å². The molecular formula is C15H21N3O4. The van der Waals surface area contributed by atoms with Crippen molar-refractivity contribution < 1.29 is 19.1 Å². The van der Waals surface area contributed by atoms with Crippen molar-refractivity contribution in [1.82, 2.24) is 16.0 Å². The van der Waals surface area contributed by atoms with E-state index < -0.39 is 0 Å². The third-order valence-electron chi connectivity index (χ3n) is 3.20. The number of benzene rings is 1. The Kier molecular flexibility index (Phi) is 5.46. The van der Waals surface area contributed by atoms with Crippen LogP contribution in [-0.4, -0.2) is 38.2 Å². The number of amides is 3. The van der Waals surface area contributed by atoms with Crippen LogP contribution in [0.4, 0.5) is 4.79 Å². The molecule has 7 heteroatoms. The maximum Gasteiger partial charge on any atom is 0.315 e. The van der Waals surface area contributed by atoms with Crippen LogP contribution in [0.25, 0.3) is 0 Å². The van der Waals surface area contributed by atoms with Gasteiger partial charge in [0.15, 0.2) is 11.5 Å². The highest BCUT2D eigenvalue weighted by atomic mass is 16.6. The average Bonchev–Trinajstić information content (AvgIpc) is 2.51. The monoisotopic (exact) mass is 307 g/mol. The van der Waals surface area contributed by atoms with E-state index in [-0.39, 0.29) is 18.0 Å². The number of carbonyl (C=O) groups is 2. The Morgan fingerprint density at radius 3 is 2.55 bits per heavy atom. The molecule has 0 aliphatic carbocycles. The molecule has 1 aliphatic heterocycles. The van der Waals surface area contributed by atoms with Gasteiger partial charge in [-0.1, -0.05) is 6.07 Å². The van der Waals surface area contributed by atoms with E-state index in [2.05, 4.69) is 16.0 Å². The summed E-state index contributed by atoms with van der Waals surface area (Å²) in [5, 5.41) is 8.12. The third-order valence-corrected chi connectivity index (χ3v) is 3.20. The first kappa shape index (κ1) is 15.9. The van der Waals surface area contributed by atoms with Gasteiger partial charge in [-0.2, -0.15) is 0 Å². The predicted molar refractivity (Wildman–Crippen MR) is 81.1 cm³/mol. The van der Waals surface area contributed by atoms with E-state index in [1.807, 2.05) is 25.1 Å². The SMILES string of the molecule is CC(=O)NCCNC(=O)N[C@H](C)c1ccc2c(c1)OCCO2. The van der Waals surface area contributed by atoms with Crippen molar-refractivity contribution in [3.63, 3.8) is 0 Å². The second-order valence-corrected chi connectivity index (χ2v) is 5.01. The molecule has 2 rings (SSSR count). The molecule has 0 radical (unpaired) electrons. The van der Waals surface area contributed by atoms with Crippen LogP contribution in [0, 0.1) is 0 Å². The molecule has 7 nitrogen and oxygen atoms in total. The van der Waals surface area contributed by atoms with Crippen LogP contribution < -0.4 is 25.4 Å². The molecule has 22 heavy (non-hydrogen) atoms. The largest absolute Gasteiger partial charge is 0.486 e. The van der Waals surface area contributed by atoms with Crippen molar-refractivity contribution in [1.29, 1.82) is 0 Å². The first-order valence-corrected chi connectivity index (χ1v) is 7.24. The number of nitrogens with one attached hydrogen (secondary N) is 3. The number of fused-ring (bicyclic) bond motifs is 1. The minimum Gasteiger partial charge on any atom is -0.486 e. The zero-order chi connectivity index (χ0) is 15.9. The molecule has 0 bridgehead atoms. The molecule has 1 aromatic rings. The fourth-order valence-electron chi connectivity index (χ4n) is 2.07. The van der Waals surface area contributed by atoms with Gasteiger partial charge in [-0.3, -0.25) is 4.79 Å². The van der Waals surface area contributed by atoms with Crippen LogP contribution in [0.5, 0.6) is 11.5 Å². The number of rotatable bonds is 5. The fraction of sp³-hybridized carbons (Fsp3) is 0.467. The van der Waals surface area contributed by atoms with Gasteiger partial charge in [0, 0.05) is 20.0 Å². The third kappa shape index (κ3) is 4.54. The molecule has 0 unspecified atom stereocenters. The van der Waals surface area contributed by atoms with E-state index in [9.17, 15) is 9.59 Å². The van der Waals surface area contributed by atoms with Crippen LogP contribution in [0.3, 0.4) is 0 Å². The Morgan fingerprint density at radius 1 is 1.14 bits per heavy atom. The molecule has 1 aliphatic rings. The number of urea groups is 1. The lowest BCUT2D eigenvalue weighted by Gasteiger charge is -2.21. The van der Waals surface area contributed by atoms with Crippen molar-refractivity contribution in [3.8, 4) is 11.5 Å². The van der Waals surface area contributed by atoms with Crippen molar-refractivity contribution >= 4 is 11.9 Å². The van der Waals surface area contributed by atoms with Crippen molar-refractivity contribution in [2.75, 3.05) is 26.3 Å². The van der Waals surface area contributed by atoms with Gasteiger partial charge in [-0.15, -0.1) is 0 Å². The standard InChI is InChI=1S/C15H21N3O4/c1-10(18-15(20)17-6-5-16-11(2)19)12-3-4-13-14(9-12)22-8-7-21-13/h3-4,9-10H,5-8H2,1-2H3,(H,16,19)(H2,17,18,20)/t10-/m1/s1. The molecule has 3 amide bonds. The van der Waals surface area contributed by atoms with Gasteiger partial charge in [0.25, 0.3) is 0 Å². The van der Waals surface area contributed by atoms with Crippen LogP contribution >= 0.6 is 0 Å². The molecule has 1 atom stereocenters. The second-order valence-electron chi connectivity index (χ2n) is 5.01. The highest BCUT2D eigenvalue weighted by molar-refractivity contribution is 5.75. The number of ether oxygens (including phenoxy) is 2. The Bertz CT molecular complexity index is 548. The molecule has 3 N–H and O–H groups in total. The summed E-state index contributed by atoms with van der Waals surface area (Å²) in [6.07, 6.45) is 0. The lowest BCUT2D eigenvalue weighted by atomic mass is 10.1. The quantitative estimate of drug-likeness (QED) is 0.707. The van der Waals surface area contributed by atoms with Crippen molar-refractivity contribution in [2.24, 2.45) is 0 Å². The minimum atomic E-state index is -0.284. The van der Waals surface area contributed by atoms with Gasteiger partial charge >= 0.3 is 6.03 Å². The summed E-state index contributed by atoms with van der Waals surface area (Å²) >= 11 is 0. The van der Waals surface area contributed by atoms with E-state index in [4.69, 9.17) is 9.47 Å². The summed E-state index contributed by atoms with van der Waals surface area (Å²) < 4.78 is 11.0. The van der Waals surface area contributed by atoms with Gasteiger partial charge in [0.2, 0.25) is 5.91 Å². The summed E-state index contributed by atoms with van der Waals surface area (Å²) in [6, 6.07) is 5.16. The lowest BCUT2D eigenvalue weighted by molar-refractivity contribution is -0.118. The molecular weight excluding hydrogens is 286 g/mol. The summed E-state index contributed by atoms with van der Waals surface area (Å²) in [4.78, 5) is 22.5. The Balaban J connectivity index is 1.82. The maximum atomic E-state index is 11.8. The van der Waals surface area contributed by atoms with E-state index in [0.717, 1.165) is 11.3 Å². The average molecular weight is 307 g/mol. The molecule has 0 aromatic heterocycles. The zero-order valence-electron chi connectivity index (χ0n) is 12.8. The molecule has 0 saturated heterocycles. The van der Waals surface area contributed by atoms with Gasteiger partial charge in [-0.25, -0.2) is 4.79 Å². The highest BCUT2D eigenvalue weighted by Gasteiger charge is 2.15. The van der Waals surface area contributed by atoms with Crippen molar-refractivity contribution in [2.45, 2.75) is 19.9 Å². The van der Waals surface area contributed by atoms with Crippen LogP contribution in [0.15, 0.2) is 18.2 Å². The van der Waals surface area contributed by atoms with Crippen LogP contribution in [0.2, 0.25) is 0 Å². The first-order valence-electron chi connectivity index (χ1n) is 7.24. The number of hydrogen-bond acceptors (Lipinski definition) is 4. The van der Waals surface area contributed by atoms with Gasteiger partial charge in [0.05, 0.1) is 6.04 Å². The number of hydrogen-bond donors (Lipinski definition) is 3. The molecule has 120 valence electrons. The smallest absolute Gasteiger partial charge is 0.315 e. The molecule has 0 saturated carbocycles. The van der Waals surface area contributed by atoms with Gasteiger partial charge in [-0.05, 0) is 24.6 Å². The van der Waals surface area contributed by atoms with E-state index in [1.165, 1.54) is 6.92 Å². The van der Waals surface area contributed by atoms with Crippen molar-refractivity contribution in [3.05, 3.63) is 23.8 Å². The minimum absolute atomic E-state index is 0.119. The highest BCUT2D eigenvalue weighted by Crippen LogP contribution is 2.32. The Labute approximate surface area is 129 Å². The summed E-state index contributed by atoms with van der Waals surface area (Å²) in [6.45, 7) is 5.18. The normalized spacial score (nSPS) is 13.9. The molecule has 1 heterocycles. The van der Waals surface area contributed by atoms with E-state index in [1.54, 1.807) is 0 Å². The fourth-order valence-corrected chi connectivity index (χ4v) is 2.07. The topological polar surface area (TPSA) is 88.7 Å². The lowest BCUT2D eigenvalue weighted by Crippen LogP contribution is -2.40. The van der Waals surface area contributed by atoms with Gasteiger partial charge < -0.3 is 25.4 Å². The predicted octanol–water partition coefficient (Wildman–Crippen LogP) is 0.954. The molecule has 1 aromatic carbocycles. The van der Waals surface area contributed by atoms with Crippen LogP contribution in [0.1, 0.15) is 25.5 Å². The maximum absolute atomic E-state index is 11.8. The Hall–Kier alpha value is -2.44. The summed E-state index contributed by atoms with van der Waals surface area (Å²) in [5.74, 6) is 1.30. The number of carbonyl (C=O) groups excluding carboxylic acids is 2. The Morgan fingerprint density at radius 2 is 1.82 bits per heavy atom. The first-order chi connectivity index (χ1) is 10.6. The second kappa shape index (κ2) is 7.53. The molecule has 0 fully saturated rings. The van der Waals surface area contributed by atoms with E-state index in [0.29, 0.717) is 32.1 Å². The molecule has 0 spiro atoms. The summed E-state index contributed by atoms with van der Waals surface area (Å²) in [7, 11) is 0. The van der Waals surface area contributed by atoms with E-state index >= 15 is 0 Å². The van der Waals surface area contributed by atoms with Gasteiger partial charge in [0.1, 0.15) is 13.2 Å².